The summed E-state index contributed by atoms with van der Waals surface area (Å²) in [5.74, 6) is 3.46. The molecule has 0 N–H and O–H groups in total. The maximum absolute atomic E-state index is 15.0. The maximum atomic E-state index is 15.0. The van der Waals surface area contributed by atoms with Gasteiger partial charge in [-0.2, -0.15) is 0 Å². The first kappa shape index (κ1) is 24.5. The molecule has 4 heteroatoms. The molecule has 1 aliphatic heterocycles. The largest absolute Gasteiger partial charge is 0.490 e. The van der Waals surface area contributed by atoms with Gasteiger partial charge in [0.1, 0.15) is 30.4 Å². The summed E-state index contributed by atoms with van der Waals surface area (Å²) in [5.41, 5.74) is 8.85. The third-order valence-corrected chi connectivity index (χ3v) is 8.51. The number of hydrogen-bond donors (Lipinski definition) is 0. The lowest BCUT2D eigenvalue weighted by atomic mass is 9.94. The van der Waals surface area contributed by atoms with Crippen LogP contribution < -0.4 is 9.47 Å². The summed E-state index contributed by atoms with van der Waals surface area (Å²) in [6.45, 7) is 7.96. The fourth-order valence-electron chi connectivity index (χ4n) is 6.29. The molecule has 3 aliphatic rings. The zero-order valence-corrected chi connectivity index (χ0v) is 22.2. The summed E-state index contributed by atoms with van der Waals surface area (Å²) in [6.07, 6.45) is 4.37. The number of hydrogen-bond acceptors (Lipinski definition) is 3. The summed E-state index contributed by atoms with van der Waals surface area (Å²) in [6, 6.07) is 17.4. The SMILES string of the molecule is CCc1cc2c(cc1OCc1cccc(-c3c(C)cc(OCC4(F)CCOCC4)cc3C)c1)CC1CC21. The van der Waals surface area contributed by atoms with E-state index < -0.39 is 5.67 Å². The van der Waals surface area contributed by atoms with Gasteiger partial charge >= 0.3 is 0 Å². The van der Waals surface area contributed by atoms with Gasteiger partial charge in [-0.3, -0.25) is 0 Å². The van der Waals surface area contributed by atoms with Crippen molar-refractivity contribution in [3.8, 4) is 22.6 Å². The van der Waals surface area contributed by atoms with Crippen molar-refractivity contribution in [1.82, 2.24) is 0 Å². The summed E-state index contributed by atoms with van der Waals surface area (Å²) in [4.78, 5) is 0. The predicted molar refractivity (Wildman–Crippen MR) is 145 cm³/mol. The zero-order chi connectivity index (χ0) is 25.6. The molecule has 37 heavy (non-hydrogen) atoms. The quantitative estimate of drug-likeness (QED) is 0.318. The number of ether oxygens (including phenoxy) is 3. The van der Waals surface area contributed by atoms with Crippen molar-refractivity contribution >= 4 is 0 Å². The molecule has 2 aliphatic carbocycles. The first-order chi connectivity index (χ1) is 17.9. The van der Waals surface area contributed by atoms with Crippen molar-refractivity contribution in [3.05, 3.63) is 81.9 Å². The van der Waals surface area contributed by atoms with Crippen molar-refractivity contribution in [2.75, 3.05) is 19.8 Å². The second-order valence-electron chi connectivity index (χ2n) is 11.3. The summed E-state index contributed by atoms with van der Waals surface area (Å²) >= 11 is 0. The molecule has 0 amide bonds. The summed E-state index contributed by atoms with van der Waals surface area (Å²) in [7, 11) is 0. The van der Waals surface area contributed by atoms with Gasteiger partial charge in [0.2, 0.25) is 0 Å². The number of fused-ring (bicyclic) bond motifs is 3. The van der Waals surface area contributed by atoms with E-state index in [0.717, 1.165) is 46.4 Å². The molecular weight excluding hydrogens is 463 g/mol. The molecule has 6 rings (SSSR count). The molecular formula is C33H37FO3. The van der Waals surface area contributed by atoms with Crippen molar-refractivity contribution in [1.29, 1.82) is 0 Å². The molecule has 3 nitrogen and oxygen atoms in total. The fraction of sp³-hybridized carbons (Fsp3) is 0.455. The molecule has 0 radical (unpaired) electrons. The van der Waals surface area contributed by atoms with Gasteiger partial charge < -0.3 is 14.2 Å². The lowest BCUT2D eigenvalue weighted by molar-refractivity contribution is -0.0323. The Morgan fingerprint density at radius 1 is 1.00 bits per heavy atom. The van der Waals surface area contributed by atoms with Crippen LogP contribution in [0, 0.1) is 19.8 Å². The molecule has 2 atom stereocenters. The molecule has 3 aromatic rings. The van der Waals surface area contributed by atoms with Crippen molar-refractivity contribution in [2.24, 2.45) is 5.92 Å². The van der Waals surface area contributed by atoms with Gasteiger partial charge in [0.25, 0.3) is 0 Å². The van der Waals surface area contributed by atoms with E-state index in [1.807, 2.05) is 12.1 Å². The van der Waals surface area contributed by atoms with Gasteiger partial charge in [0, 0.05) is 26.1 Å². The van der Waals surface area contributed by atoms with Gasteiger partial charge in [-0.05, 0) is 114 Å². The number of aryl methyl sites for hydroxylation is 3. The van der Waals surface area contributed by atoms with E-state index in [2.05, 4.69) is 57.2 Å². The molecule has 0 aromatic heterocycles. The summed E-state index contributed by atoms with van der Waals surface area (Å²) in [5, 5.41) is 0. The van der Waals surface area contributed by atoms with E-state index in [0.29, 0.717) is 32.7 Å². The maximum Gasteiger partial charge on any atom is 0.149 e. The number of halogens is 1. The minimum Gasteiger partial charge on any atom is -0.490 e. The molecule has 3 aromatic carbocycles. The van der Waals surface area contributed by atoms with Crippen molar-refractivity contribution in [2.45, 2.75) is 71.1 Å². The van der Waals surface area contributed by atoms with Gasteiger partial charge in [-0.15, -0.1) is 0 Å². The van der Waals surface area contributed by atoms with Crippen LogP contribution in [0.1, 0.15) is 65.5 Å². The molecule has 1 heterocycles. The molecule has 194 valence electrons. The van der Waals surface area contributed by atoms with Crippen molar-refractivity contribution in [3.63, 3.8) is 0 Å². The average molecular weight is 501 g/mol. The van der Waals surface area contributed by atoms with E-state index in [-0.39, 0.29) is 6.61 Å². The van der Waals surface area contributed by atoms with Gasteiger partial charge in [0.05, 0.1) is 0 Å². The molecule has 1 saturated heterocycles. The highest BCUT2D eigenvalue weighted by molar-refractivity contribution is 5.72. The zero-order valence-electron chi connectivity index (χ0n) is 22.2. The van der Waals surface area contributed by atoms with Crippen LogP contribution in [-0.2, 0) is 24.2 Å². The Bertz CT molecular complexity index is 1280. The third kappa shape index (κ3) is 5.01. The monoisotopic (exact) mass is 500 g/mol. The summed E-state index contributed by atoms with van der Waals surface area (Å²) < 4.78 is 32.6. The topological polar surface area (TPSA) is 27.7 Å². The van der Waals surface area contributed by atoms with Crippen LogP contribution in [0.2, 0.25) is 0 Å². The minimum absolute atomic E-state index is 0.0746. The van der Waals surface area contributed by atoms with E-state index in [9.17, 15) is 4.39 Å². The molecule has 2 unspecified atom stereocenters. The highest BCUT2D eigenvalue weighted by atomic mass is 19.1. The second-order valence-corrected chi connectivity index (χ2v) is 11.3. The van der Waals surface area contributed by atoms with Crippen LogP contribution in [0.5, 0.6) is 11.5 Å². The number of rotatable bonds is 8. The van der Waals surface area contributed by atoms with Crippen molar-refractivity contribution < 1.29 is 18.6 Å². The highest BCUT2D eigenvalue weighted by Gasteiger charge is 2.45. The van der Waals surface area contributed by atoms with Crippen LogP contribution in [0.3, 0.4) is 0 Å². The predicted octanol–water partition coefficient (Wildman–Crippen LogP) is 7.67. The lowest BCUT2D eigenvalue weighted by Gasteiger charge is -2.29. The van der Waals surface area contributed by atoms with E-state index >= 15 is 0 Å². The van der Waals surface area contributed by atoms with Crippen LogP contribution in [-0.4, -0.2) is 25.5 Å². The Labute approximate surface area is 220 Å². The minimum atomic E-state index is -1.30. The second kappa shape index (κ2) is 9.79. The molecule has 0 bridgehead atoms. The first-order valence-corrected chi connectivity index (χ1v) is 13.8. The Hall–Kier alpha value is -2.85. The van der Waals surface area contributed by atoms with Gasteiger partial charge in [-0.25, -0.2) is 4.39 Å². The normalized spacial score (nSPS) is 21.3. The van der Waals surface area contributed by atoms with Gasteiger partial charge in [0.15, 0.2) is 0 Å². The van der Waals surface area contributed by atoms with E-state index in [1.54, 1.807) is 5.56 Å². The average Bonchev–Trinajstić information content (AvgIpc) is 3.57. The standard InChI is InChI=1S/C33H37FO3/c1-4-24-16-29-27(15-26-17-30(26)29)18-31(24)36-19-23-6-5-7-25(14-23)32-21(2)12-28(13-22(32)3)37-20-33(34)8-10-35-11-9-33/h5-7,12-14,16,18,26,30H,4,8-11,15,17,19-20H2,1-3H3. The molecule has 2 fully saturated rings. The van der Waals surface area contributed by atoms with Crippen LogP contribution in [0.4, 0.5) is 4.39 Å². The Balaban J connectivity index is 1.16. The lowest BCUT2D eigenvalue weighted by Crippen LogP contribution is -2.37. The fourth-order valence-corrected chi connectivity index (χ4v) is 6.29. The number of alkyl halides is 1. The molecule has 0 spiro atoms. The van der Waals surface area contributed by atoms with E-state index in [4.69, 9.17) is 14.2 Å². The van der Waals surface area contributed by atoms with Crippen LogP contribution >= 0.6 is 0 Å². The Morgan fingerprint density at radius 3 is 2.54 bits per heavy atom. The highest BCUT2D eigenvalue weighted by Crippen LogP contribution is 2.57. The Kier molecular flexibility index (Phi) is 6.48. The Morgan fingerprint density at radius 2 is 1.78 bits per heavy atom. The van der Waals surface area contributed by atoms with Gasteiger partial charge in [-0.1, -0.05) is 31.2 Å². The number of benzene rings is 3. The molecule has 1 saturated carbocycles. The smallest absolute Gasteiger partial charge is 0.149 e. The van der Waals surface area contributed by atoms with E-state index in [1.165, 1.54) is 35.1 Å². The van der Waals surface area contributed by atoms with Crippen LogP contribution in [0.25, 0.3) is 11.1 Å². The third-order valence-electron chi connectivity index (χ3n) is 8.51. The first-order valence-electron chi connectivity index (χ1n) is 13.8. The van der Waals surface area contributed by atoms with Crippen LogP contribution in [0.15, 0.2) is 48.5 Å².